The van der Waals surface area contributed by atoms with Gasteiger partial charge >= 0.3 is 5.97 Å². The Kier molecular flexibility index (Phi) is 6.54. The van der Waals surface area contributed by atoms with Crippen LogP contribution < -0.4 is 0 Å². The maximum absolute atomic E-state index is 11.7. The minimum Gasteiger partial charge on any atom is -0.464 e. The van der Waals surface area contributed by atoms with E-state index in [-0.39, 0.29) is 12.3 Å². The molecule has 0 unspecified atom stereocenters. The van der Waals surface area contributed by atoms with E-state index in [0.717, 1.165) is 5.56 Å². The first-order chi connectivity index (χ1) is 12.1. The van der Waals surface area contributed by atoms with Gasteiger partial charge in [-0.05, 0) is 24.6 Å². The lowest BCUT2D eigenvalue weighted by atomic mass is 10.0. The third-order valence-electron chi connectivity index (χ3n) is 3.43. The minimum atomic E-state index is -0.740. The summed E-state index contributed by atoms with van der Waals surface area (Å²) in [6.07, 6.45) is 0. The van der Waals surface area contributed by atoms with Crippen molar-refractivity contribution >= 4 is 29.0 Å². The van der Waals surface area contributed by atoms with Crippen molar-refractivity contribution in [3.05, 3.63) is 70.2 Å². The van der Waals surface area contributed by atoms with Crippen molar-refractivity contribution in [1.29, 1.82) is 0 Å². The van der Waals surface area contributed by atoms with Gasteiger partial charge < -0.3 is 14.8 Å². The molecular weight excluding hydrogens is 344 g/mol. The van der Waals surface area contributed by atoms with Crippen LogP contribution in [-0.4, -0.2) is 29.7 Å². The summed E-state index contributed by atoms with van der Waals surface area (Å²) >= 11 is 5.86. The standard InChI is InChI=1S/C18H17ClN2O4/c1-12(13-7-9-15(19)10-8-13)21-25-11-14-5-3-4-6-16(14)17(20-23)18(22)24-2/h3-10,23H,11H2,1-2H3/b20-17-,21-12-. The molecule has 0 bridgehead atoms. The summed E-state index contributed by atoms with van der Waals surface area (Å²) in [4.78, 5) is 17.1. The second-order valence-corrected chi connectivity index (χ2v) is 5.49. The summed E-state index contributed by atoms with van der Waals surface area (Å²) in [6.45, 7) is 1.90. The van der Waals surface area contributed by atoms with E-state index in [1.807, 2.05) is 19.1 Å². The highest BCUT2D eigenvalue weighted by Gasteiger charge is 2.18. The van der Waals surface area contributed by atoms with Crippen molar-refractivity contribution in [2.24, 2.45) is 10.3 Å². The molecule has 0 aliphatic rings. The van der Waals surface area contributed by atoms with Gasteiger partial charge in [-0.3, -0.25) is 0 Å². The van der Waals surface area contributed by atoms with Crippen LogP contribution in [0.4, 0.5) is 0 Å². The Morgan fingerprint density at radius 1 is 1.16 bits per heavy atom. The molecule has 0 amide bonds. The van der Waals surface area contributed by atoms with Gasteiger partial charge in [0.05, 0.1) is 12.8 Å². The second kappa shape index (κ2) is 8.84. The number of rotatable bonds is 6. The van der Waals surface area contributed by atoms with Crippen molar-refractivity contribution in [2.45, 2.75) is 13.5 Å². The Labute approximate surface area is 150 Å². The summed E-state index contributed by atoms with van der Waals surface area (Å²) in [6, 6.07) is 14.1. The van der Waals surface area contributed by atoms with Gasteiger partial charge in [0.25, 0.3) is 0 Å². The van der Waals surface area contributed by atoms with Gasteiger partial charge in [0.15, 0.2) is 5.71 Å². The highest BCUT2D eigenvalue weighted by Crippen LogP contribution is 2.14. The van der Waals surface area contributed by atoms with Crippen LogP contribution in [0.1, 0.15) is 23.6 Å². The third-order valence-corrected chi connectivity index (χ3v) is 3.69. The van der Waals surface area contributed by atoms with Crippen molar-refractivity contribution in [2.75, 3.05) is 7.11 Å². The van der Waals surface area contributed by atoms with Crippen molar-refractivity contribution in [3.8, 4) is 0 Å². The molecule has 0 radical (unpaired) electrons. The molecule has 0 heterocycles. The Hall–Kier alpha value is -2.86. The van der Waals surface area contributed by atoms with E-state index in [1.165, 1.54) is 7.11 Å². The van der Waals surface area contributed by atoms with Crippen molar-refractivity contribution < 1.29 is 19.6 Å². The molecule has 0 atom stereocenters. The number of hydrogen-bond donors (Lipinski definition) is 1. The fourth-order valence-corrected chi connectivity index (χ4v) is 2.25. The average molecular weight is 361 g/mol. The van der Waals surface area contributed by atoms with E-state index < -0.39 is 5.97 Å². The zero-order valence-electron chi connectivity index (χ0n) is 13.8. The molecular formula is C18H17ClN2O4. The second-order valence-electron chi connectivity index (χ2n) is 5.05. The van der Waals surface area contributed by atoms with E-state index in [2.05, 4.69) is 15.0 Å². The van der Waals surface area contributed by atoms with Gasteiger partial charge in [0.1, 0.15) is 6.61 Å². The van der Waals surface area contributed by atoms with Gasteiger partial charge in [0, 0.05) is 16.1 Å². The SMILES string of the molecule is COC(=O)/C(=N\O)c1ccccc1CO/N=C(/C)c1ccc(Cl)cc1. The molecule has 7 heteroatoms. The molecule has 0 aromatic heterocycles. The molecule has 2 aromatic rings. The Morgan fingerprint density at radius 3 is 2.48 bits per heavy atom. The van der Waals surface area contributed by atoms with Crippen LogP contribution >= 0.6 is 11.6 Å². The molecule has 0 saturated heterocycles. The van der Waals surface area contributed by atoms with Crippen molar-refractivity contribution in [1.82, 2.24) is 0 Å². The van der Waals surface area contributed by atoms with E-state index >= 15 is 0 Å². The van der Waals surface area contributed by atoms with Gasteiger partial charge in [-0.25, -0.2) is 4.79 Å². The number of carbonyl (C=O) groups is 1. The number of benzene rings is 2. The predicted octanol–water partition coefficient (Wildman–Crippen LogP) is 3.63. The van der Waals surface area contributed by atoms with Crippen LogP contribution in [0.3, 0.4) is 0 Å². The third kappa shape index (κ3) is 4.81. The number of hydrogen-bond acceptors (Lipinski definition) is 6. The van der Waals surface area contributed by atoms with Gasteiger partial charge in [-0.2, -0.15) is 0 Å². The number of esters is 1. The Morgan fingerprint density at radius 2 is 1.84 bits per heavy atom. The summed E-state index contributed by atoms with van der Waals surface area (Å²) in [5.74, 6) is -0.740. The van der Waals surface area contributed by atoms with Crippen LogP contribution in [0.25, 0.3) is 0 Å². The summed E-state index contributed by atoms with van der Waals surface area (Å²) in [5.41, 5.74) is 2.41. The number of oxime groups is 2. The van der Waals surface area contributed by atoms with Gasteiger partial charge in [-0.1, -0.05) is 58.3 Å². The van der Waals surface area contributed by atoms with E-state index in [0.29, 0.717) is 21.9 Å². The zero-order chi connectivity index (χ0) is 18.2. The van der Waals surface area contributed by atoms with Gasteiger partial charge in [0.2, 0.25) is 0 Å². The number of methoxy groups -OCH3 is 1. The van der Waals surface area contributed by atoms with Crippen LogP contribution in [0.2, 0.25) is 5.02 Å². The lowest BCUT2D eigenvalue weighted by Gasteiger charge is -2.09. The number of ether oxygens (including phenoxy) is 1. The molecule has 0 spiro atoms. The first-order valence-electron chi connectivity index (χ1n) is 7.38. The quantitative estimate of drug-likeness (QED) is 0.369. The maximum Gasteiger partial charge on any atom is 0.360 e. The van der Waals surface area contributed by atoms with Crippen molar-refractivity contribution in [3.63, 3.8) is 0 Å². The predicted molar refractivity (Wildman–Crippen MR) is 95.2 cm³/mol. The highest BCUT2D eigenvalue weighted by molar-refractivity contribution is 6.43. The molecule has 130 valence electrons. The first kappa shape index (κ1) is 18.5. The molecule has 1 N–H and O–H groups in total. The average Bonchev–Trinajstić information content (AvgIpc) is 2.63. The first-order valence-corrected chi connectivity index (χ1v) is 7.75. The van der Waals surface area contributed by atoms with Gasteiger partial charge in [-0.15, -0.1) is 0 Å². The topological polar surface area (TPSA) is 80.5 Å². The van der Waals surface area contributed by atoms with Crippen LogP contribution in [-0.2, 0) is 21.0 Å². The van der Waals surface area contributed by atoms with Crippen LogP contribution in [0.15, 0.2) is 58.8 Å². The van der Waals surface area contributed by atoms with Crippen LogP contribution in [0.5, 0.6) is 0 Å². The monoisotopic (exact) mass is 360 g/mol. The highest BCUT2D eigenvalue weighted by atomic mass is 35.5. The molecule has 2 aromatic carbocycles. The Balaban J connectivity index is 2.15. The summed E-state index contributed by atoms with van der Waals surface area (Å²) in [5, 5.41) is 16.8. The van der Waals surface area contributed by atoms with E-state index in [4.69, 9.17) is 21.6 Å². The smallest absolute Gasteiger partial charge is 0.360 e. The molecule has 6 nitrogen and oxygen atoms in total. The molecule has 0 aliphatic carbocycles. The fourth-order valence-electron chi connectivity index (χ4n) is 2.12. The normalized spacial score (nSPS) is 12.0. The molecule has 0 aliphatic heterocycles. The lowest BCUT2D eigenvalue weighted by molar-refractivity contribution is -0.132. The lowest BCUT2D eigenvalue weighted by Crippen LogP contribution is -2.19. The largest absolute Gasteiger partial charge is 0.464 e. The number of nitrogens with zero attached hydrogens (tertiary/aromatic N) is 2. The molecule has 2 rings (SSSR count). The van der Waals surface area contributed by atoms with Crippen LogP contribution in [0, 0.1) is 0 Å². The van der Waals surface area contributed by atoms with E-state index in [1.54, 1.807) is 36.4 Å². The fraction of sp³-hybridized carbons (Fsp3) is 0.167. The minimum absolute atomic E-state index is 0.0944. The number of carbonyl (C=O) groups excluding carboxylic acids is 1. The maximum atomic E-state index is 11.7. The Bertz CT molecular complexity index is 801. The van der Waals surface area contributed by atoms with E-state index in [9.17, 15) is 4.79 Å². The molecule has 25 heavy (non-hydrogen) atoms. The number of halogens is 1. The molecule has 0 saturated carbocycles. The molecule has 0 fully saturated rings. The summed E-state index contributed by atoms with van der Waals surface area (Å²) in [7, 11) is 1.21. The summed E-state index contributed by atoms with van der Waals surface area (Å²) < 4.78 is 4.61. The zero-order valence-corrected chi connectivity index (χ0v) is 14.5.